The summed E-state index contributed by atoms with van der Waals surface area (Å²) in [7, 11) is 0. The summed E-state index contributed by atoms with van der Waals surface area (Å²) in [6, 6.07) is 5.17. The van der Waals surface area contributed by atoms with E-state index in [1.165, 1.54) is 6.08 Å². The first-order valence-corrected chi connectivity index (χ1v) is 7.72. The summed E-state index contributed by atoms with van der Waals surface area (Å²) in [5, 5.41) is 10.5. The zero-order valence-electron chi connectivity index (χ0n) is 12.0. The molecule has 4 nitrogen and oxygen atoms in total. The number of carboxylic acid groups (broad SMARTS) is 1. The van der Waals surface area contributed by atoms with Crippen molar-refractivity contribution in [3.05, 3.63) is 46.5 Å². The number of piperidine rings is 1. The number of carbonyl (C=O) groups excluding carboxylic acids is 1. The zero-order chi connectivity index (χ0) is 16.3. The summed E-state index contributed by atoms with van der Waals surface area (Å²) in [6.45, 7) is 4.29. The molecular formula is C16H17Cl2NO3. The molecule has 0 unspecified atom stereocenters. The van der Waals surface area contributed by atoms with Gasteiger partial charge in [-0.2, -0.15) is 0 Å². The van der Waals surface area contributed by atoms with Gasteiger partial charge in [-0.05, 0) is 43.0 Å². The van der Waals surface area contributed by atoms with Crippen molar-refractivity contribution in [1.29, 1.82) is 0 Å². The normalized spacial score (nSPS) is 17.1. The van der Waals surface area contributed by atoms with Gasteiger partial charge in [0.1, 0.15) is 0 Å². The standard InChI is InChI=1S/C16H17Cl2NO3/c1-2-14(20)19-7-5-16(6-8-19,15(21)22)10-11-3-4-12(17)13(18)9-11/h2-4,9H,1,5-8,10H2,(H,21,22). The van der Waals surface area contributed by atoms with Gasteiger partial charge in [0.25, 0.3) is 0 Å². The molecule has 1 aromatic carbocycles. The minimum Gasteiger partial charge on any atom is -0.481 e. The Labute approximate surface area is 139 Å². The van der Waals surface area contributed by atoms with Crippen LogP contribution in [0.1, 0.15) is 18.4 Å². The molecule has 1 aliphatic rings. The van der Waals surface area contributed by atoms with Crippen molar-refractivity contribution in [2.45, 2.75) is 19.3 Å². The molecule has 0 bridgehead atoms. The number of aliphatic carboxylic acids is 1. The van der Waals surface area contributed by atoms with E-state index in [4.69, 9.17) is 23.2 Å². The lowest BCUT2D eigenvalue weighted by molar-refractivity contribution is -0.153. The Kier molecular flexibility index (Phi) is 5.14. The molecule has 1 saturated heterocycles. The van der Waals surface area contributed by atoms with E-state index in [0.29, 0.717) is 42.4 Å². The van der Waals surface area contributed by atoms with Crippen LogP contribution in [0.15, 0.2) is 30.9 Å². The number of rotatable bonds is 4. The van der Waals surface area contributed by atoms with E-state index in [-0.39, 0.29) is 5.91 Å². The fourth-order valence-corrected chi connectivity index (χ4v) is 3.11. The molecule has 6 heteroatoms. The third-order valence-electron chi connectivity index (χ3n) is 4.19. The molecule has 0 aliphatic carbocycles. The first kappa shape index (κ1) is 16.8. The highest BCUT2D eigenvalue weighted by molar-refractivity contribution is 6.42. The molecule has 1 aromatic rings. The van der Waals surface area contributed by atoms with Gasteiger partial charge >= 0.3 is 5.97 Å². The van der Waals surface area contributed by atoms with Crippen molar-refractivity contribution < 1.29 is 14.7 Å². The second-order valence-corrected chi connectivity index (χ2v) is 6.35. The molecule has 0 spiro atoms. The van der Waals surface area contributed by atoms with Crippen molar-refractivity contribution in [1.82, 2.24) is 4.90 Å². The molecule has 118 valence electrons. The van der Waals surface area contributed by atoms with Gasteiger partial charge in [-0.3, -0.25) is 9.59 Å². The zero-order valence-corrected chi connectivity index (χ0v) is 13.5. The van der Waals surface area contributed by atoms with Crippen LogP contribution in [0, 0.1) is 5.41 Å². The SMILES string of the molecule is C=CC(=O)N1CCC(Cc2ccc(Cl)c(Cl)c2)(C(=O)O)CC1. The Hall–Kier alpha value is -1.52. The van der Waals surface area contributed by atoms with Crippen molar-refractivity contribution in [3.63, 3.8) is 0 Å². The third-order valence-corrected chi connectivity index (χ3v) is 4.93. The molecular weight excluding hydrogens is 325 g/mol. The van der Waals surface area contributed by atoms with E-state index < -0.39 is 11.4 Å². The molecule has 1 aliphatic heterocycles. The first-order valence-electron chi connectivity index (χ1n) is 6.97. The Morgan fingerprint density at radius 1 is 1.27 bits per heavy atom. The van der Waals surface area contributed by atoms with Crippen LogP contribution in [-0.4, -0.2) is 35.0 Å². The number of hydrogen-bond acceptors (Lipinski definition) is 2. The van der Waals surface area contributed by atoms with Crippen LogP contribution in [-0.2, 0) is 16.0 Å². The molecule has 0 aromatic heterocycles. The molecule has 1 heterocycles. The van der Waals surface area contributed by atoms with E-state index in [9.17, 15) is 14.7 Å². The quantitative estimate of drug-likeness (QED) is 0.853. The Bertz CT molecular complexity index is 607. The fourth-order valence-electron chi connectivity index (χ4n) is 2.79. The van der Waals surface area contributed by atoms with E-state index in [1.807, 2.05) is 0 Å². The van der Waals surface area contributed by atoms with Crippen molar-refractivity contribution in [3.8, 4) is 0 Å². The molecule has 1 N–H and O–H groups in total. The number of amides is 1. The number of carboxylic acids is 1. The molecule has 0 atom stereocenters. The number of hydrogen-bond donors (Lipinski definition) is 1. The van der Waals surface area contributed by atoms with E-state index in [0.717, 1.165) is 5.56 Å². The van der Waals surface area contributed by atoms with Crippen LogP contribution in [0.25, 0.3) is 0 Å². The van der Waals surface area contributed by atoms with Gasteiger partial charge in [0.2, 0.25) is 5.91 Å². The van der Waals surface area contributed by atoms with Gasteiger partial charge in [-0.15, -0.1) is 0 Å². The number of likely N-dealkylation sites (tertiary alicyclic amines) is 1. The average Bonchev–Trinajstić information content (AvgIpc) is 2.50. The highest BCUT2D eigenvalue weighted by Crippen LogP contribution is 2.37. The average molecular weight is 342 g/mol. The summed E-state index contributed by atoms with van der Waals surface area (Å²) in [6.07, 6.45) is 2.44. The monoisotopic (exact) mass is 341 g/mol. The molecule has 22 heavy (non-hydrogen) atoms. The van der Waals surface area contributed by atoms with Crippen molar-refractivity contribution in [2.75, 3.05) is 13.1 Å². The maximum Gasteiger partial charge on any atom is 0.310 e. The van der Waals surface area contributed by atoms with Gasteiger partial charge in [-0.25, -0.2) is 0 Å². The van der Waals surface area contributed by atoms with Gasteiger partial charge in [0.15, 0.2) is 0 Å². The lowest BCUT2D eigenvalue weighted by atomic mass is 9.74. The lowest BCUT2D eigenvalue weighted by Crippen LogP contribution is -2.47. The lowest BCUT2D eigenvalue weighted by Gasteiger charge is -2.38. The molecule has 1 fully saturated rings. The van der Waals surface area contributed by atoms with Crippen LogP contribution in [0.2, 0.25) is 10.0 Å². The predicted molar refractivity (Wildman–Crippen MR) is 86.2 cm³/mol. The van der Waals surface area contributed by atoms with Gasteiger partial charge in [-0.1, -0.05) is 35.8 Å². The maximum atomic E-state index is 11.8. The topological polar surface area (TPSA) is 57.6 Å². The summed E-state index contributed by atoms with van der Waals surface area (Å²) in [5.41, 5.74) is -0.0462. The van der Waals surface area contributed by atoms with Crippen LogP contribution in [0.5, 0.6) is 0 Å². The molecule has 1 amide bonds. The van der Waals surface area contributed by atoms with E-state index in [2.05, 4.69) is 6.58 Å². The Morgan fingerprint density at radius 3 is 2.41 bits per heavy atom. The number of benzene rings is 1. The van der Waals surface area contributed by atoms with Crippen LogP contribution in [0.4, 0.5) is 0 Å². The second-order valence-electron chi connectivity index (χ2n) is 5.54. The molecule has 0 radical (unpaired) electrons. The summed E-state index contributed by atoms with van der Waals surface area (Å²) in [5.74, 6) is -1.00. The summed E-state index contributed by atoms with van der Waals surface area (Å²) < 4.78 is 0. The maximum absolute atomic E-state index is 11.8. The van der Waals surface area contributed by atoms with Crippen LogP contribution >= 0.6 is 23.2 Å². The minimum absolute atomic E-state index is 0.159. The largest absolute Gasteiger partial charge is 0.481 e. The Morgan fingerprint density at radius 2 is 1.91 bits per heavy atom. The molecule has 2 rings (SSSR count). The van der Waals surface area contributed by atoms with Gasteiger partial charge in [0.05, 0.1) is 15.5 Å². The second kappa shape index (κ2) is 6.71. The number of carbonyl (C=O) groups is 2. The smallest absolute Gasteiger partial charge is 0.310 e. The number of nitrogens with zero attached hydrogens (tertiary/aromatic N) is 1. The van der Waals surface area contributed by atoms with E-state index >= 15 is 0 Å². The number of halogens is 2. The van der Waals surface area contributed by atoms with Gasteiger partial charge < -0.3 is 10.0 Å². The Balaban J connectivity index is 2.17. The van der Waals surface area contributed by atoms with E-state index in [1.54, 1.807) is 23.1 Å². The highest BCUT2D eigenvalue weighted by atomic mass is 35.5. The molecule has 0 saturated carbocycles. The predicted octanol–water partition coefficient (Wildman–Crippen LogP) is 3.42. The first-order chi connectivity index (χ1) is 10.4. The highest BCUT2D eigenvalue weighted by Gasteiger charge is 2.42. The van der Waals surface area contributed by atoms with Gasteiger partial charge in [0, 0.05) is 13.1 Å². The summed E-state index contributed by atoms with van der Waals surface area (Å²) in [4.78, 5) is 25.0. The fraction of sp³-hybridized carbons (Fsp3) is 0.375. The third kappa shape index (κ3) is 3.45. The summed E-state index contributed by atoms with van der Waals surface area (Å²) >= 11 is 11.9. The van der Waals surface area contributed by atoms with Crippen LogP contribution in [0.3, 0.4) is 0 Å². The van der Waals surface area contributed by atoms with Crippen LogP contribution < -0.4 is 0 Å². The van der Waals surface area contributed by atoms with Crippen molar-refractivity contribution in [2.24, 2.45) is 5.41 Å². The van der Waals surface area contributed by atoms with Crippen molar-refractivity contribution >= 4 is 35.1 Å². The minimum atomic E-state index is -0.880.